The van der Waals surface area contributed by atoms with E-state index < -0.39 is 5.66 Å². The van der Waals surface area contributed by atoms with E-state index in [2.05, 4.69) is 24.4 Å². The Bertz CT molecular complexity index is 797. The first-order valence-electron chi connectivity index (χ1n) is 8.91. The van der Waals surface area contributed by atoms with Crippen molar-refractivity contribution < 1.29 is 4.74 Å². The van der Waals surface area contributed by atoms with Gasteiger partial charge in [0.15, 0.2) is 5.66 Å². The monoisotopic (exact) mass is 336 g/mol. The molecule has 25 heavy (non-hydrogen) atoms. The smallest absolute Gasteiger partial charge is 0.151 e. The lowest BCUT2D eigenvalue weighted by atomic mass is 9.85. The number of nitrogens with one attached hydrogen (secondary N) is 1. The molecule has 1 saturated heterocycles. The van der Waals surface area contributed by atoms with Gasteiger partial charge in [-0.2, -0.15) is 0 Å². The molecule has 5 nitrogen and oxygen atoms in total. The molecule has 1 fully saturated rings. The lowest BCUT2D eigenvalue weighted by Gasteiger charge is -2.36. The van der Waals surface area contributed by atoms with Gasteiger partial charge in [-0.1, -0.05) is 12.1 Å². The Morgan fingerprint density at radius 3 is 2.56 bits per heavy atom. The number of hydrogen-bond donors (Lipinski definition) is 1. The lowest BCUT2D eigenvalue weighted by molar-refractivity contribution is 0.244. The van der Waals surface area contributed by atoms with E-state index in [9.17, 15) is 0 Å². The molecule has 1 aromatic rings. The zero-order valence-corrected chi connectivity index (χ0v) is 15.0. The molecule has 0 aromatic heterocycles. The molecule has 0 aliphatic carbocycles. The van der Waals surface area contributed by atoms with E-state index in [-0.39, 0.29) is 0 Å². The highest BCUT2D eigenvalue weighted by atomic mass is 16.5. The van der Waals surface area contributed by atoms with E-state index in [1.807, 2.05) is 25.3 Å². The van der Waals surface area contributed by atoms with Gasteiger partial charge < -0.3 is 10.1 Å². The van der Waals surface area contributed by atoms with Crippen LogP contribution in [0, 0.1) is 5.92 Å². The van der Waals surface area contributed by atoms with Crippen molar-refractivity contribution in [2.45, 2.75) is 32.4 Å². The number of benzene rings is 1. The van der Waals surface area contributed by atoms with Crippen molar-refractivity contribution in [3.8, 4) is 5.75 Å². The summed E-state index contributed by atoms with van der Waals surface area (Å²) in [4.78, 5) is 14.6. The number of allylic oxidation sites excluding steroid dienone is 2. The Morgan fingerprint density at radius 1 is 1.16 bits per heavy atom. The maximum absolute atomic E-state index is 5.28. The highest BCUT2D eigenvalue weighted by molar-refractivity contribution is 6.74. The Hall–Kier alpha value is -2.27. The minimum absolute atomic E-state index is 0.390. The van der Waals surface area contributed by atoms with Crippen LogP contribution in [0.5, 0.6) is 5.75 Å². The molecule has 1 atom stereocenters. The maximum atomic E-state index is 5.28. The second-order valence-electron chi connectivity index (χ2n) is 7.02. The van der Waals surface area contributed by atoms with Crippen LogP contribution in [0.3, 0.4) is 0 Å². The first-order chi connectivity index (χ1) is 12.1. The van der Waals surface area contributed by atoms with Gasteiger partial charge in [0.05, 0.1) is 19.0 Å². The van der Waals surface area contributed by atoms with Gasteiger partial charge in [-0.3, -0.25) is 9.98 Å². The van der Waals surface area contributed by atoms with Gasteiger partial charge in [0, 0.05) is 17.2 Å². The van der Waals surface area contributed by atoms with Crippen molar-refractivity contribution in [1.82, 2.24) is 5.32 Å². The average Bonchev–Trinajstić information content (AvgIpc) is 2.97. The summed E-state index contributed by atoms with van der Waals surface area (Å²) in [6.07, 6.45) is 4.14. The zero-order valence-electron chi connectivity index (χ0n) is 15.0. The van der Waals surface area contributed by atoms with Gasteiger partial charge in [-0.05, 0) is 57.5 Å². The summed E-state index contributed by atoms with van der Waals surface area (Å²) in [5.41, 5.74) is 4.72. The van der Waals surface area contributed by atoms with Crippen LogP contribution < -0.4 is 10.1 Å². The third-order valence-corrected chi connectivity index (χ3v) is 5.41. The molecule has 3 aliphatic heterocycles. The van der Waals surface area contributed by atoms with Gasteiger partial charge in [-0.25, -0.2) is 4.99 Å². The summed E-state index contributed by atoms with van der Waals surface area (Å²) in [6.45, 7) is 6.29. The first kappa shape index (κ1) is 16.2. The number of methoxy groups -OCH3 is 1. The molecule has 0 saturated carbocycles. The predicted octanol–water partition coefficient (Wildman–Crippen LogP) is 3.12. The normalized spacial score (nSPS) is 26.4. The van der Waals surface area contributed by atoms with Crippen LogP contribution in [0.1, 0.15) is 32.3 Å². The molecule has 0 amide bonds. The van der Waals surface area contributed by atoms with Crippen LogP contribution in [0.15, 0.2) is 44.9 Å². The van der Waals surface area contributed by atoms with E-state index >= 15 is 0 Å². The summed E-state index contributed by atoms with van der Waals surface area (Å²) in [6, 6.07) is 8.12. The fourth-order valence-corrected chi connectivity index (χ4v) is 3.91. The molecule has 0 bridgehead atoms. The molecule has 130 valence electrons. The number of piperidine rings is 1. The Balaban J connectivity index is 1.71. The van der Waals surface area contributed by atoms with E-state index in [1.165, 1.54) is 0 Å². The molecule has 0 spiro atoms. The van der Waals surface area contributed by atoms with Crippen molar-refractivity contribution in [2.24, 2.45) is 20.9 Å². The van der Waals surface area contributed by atoms with Crippen molar-refractivity contribution in [3.63, 3.8) is 0 Å². The highest BCUT2D eigenvalue weighted by Crippen LogP contribution is 2.37. The molecule has 5 heteroatoms. The predicted molar refractivity (Wildman–Crippen MR) is 103 cm³/mol. The van der Waals surface area contributed by atoms with Crippen LogP contribution >= 0.6 is 0 Å². The largest absolute Gasteiger partial charge is 0.497 e. The van der Waals surface area contributed by atoms with Crippen LogP contribution in [-0.2, 0) is 0 Å². The number of ether oxygens (including phenoxy) is 1. The summed E-state index contributed by atoms with van der Waals surface area (Å²) in [7, 11) is 1.68. The van der Waals surface area contributed by atoms with Crippen LogP contribution in [0.2, 0.25) is 0 Å². The van der Waals surface area contributed by atoms with Crippen molar-refractivity contribution >= 4 is 23.2 Å². The second kappa shape index (κ2) is 6.23. The fraction of sp³-hybridized carbons (Fsp3) is 0.450. The number of nitrogens with zero attached hydrogens (tertiary/aromatic N) is 3. The SMILES string of the molecule is COc1ccc(C2=C(C)N=C3C=NC(C)(C4CCNCC4)N=C32)cc1. The van der Waals surface area contributed by atoms with Gasteiger partial charge in [0.25, 0.3) is 0 Å². The molecule has 1 unspecified atom stereocenters. The van der Waals surface area contributed by atoms with Crippen LogP contribution in [0.4, 0.5) is 0 Å². The van der Waals surface area contributed by atoms with E-state index in [1.54, 1.807) is 7.11 Å². The number of rotatable bonds is 3. The molecular weight excluding hydrogens is 312 g/mol. The first-order valence-corrected chi connectivity index (χ1v) is 8.91. The number of fused-ring (bicyclic) bond motifs is 1. The fourth-order valence-electron chi connectivity index (χ4n) is 3.91. The quantitative estimate of drug-likeness (QED) is 0.922. The minimum Gasteiger partial charge on any atom is -0.497 e. The minimum atomic E-state index is -0.390. The van der Waals surface area contributed by atoms with E-state index in [0.717, 1.165) is 59.9 Å². The van der Waals surface area contributed by atoms with Gasteiger partial charge >= 0.3 is 0 Å². The standard InChI is InChI=1S/C20H24N4O/c1-13-18(14-4-6-16(25-3)7-5-14)19-17(23-13)12-22-20(2,24-19)15-8-10-21-11-9-15/h4-7,12,15,21H,8-11H2,1-3H3. The van der Waals surface area contributed by atoms with Gasteiger partial charge in [-0.15, -0.1) is 0 Å². The van der Waals surface area contributed by atoms with E-state index in [4.69, 9.17) is 19.7 Å². The molecule has 0 radical (unpaired) electrons. The average molecular weight is 336 g/mol. The molecule has 4 rings (SSSR count). The third kappa shape index (κ3) is 2.82. The Morgan fingerprint density at radius 2 is 1.88 bits per heavy atom. The molecule has 3 aliphatic rings. The number of hydrogen-bond acceptors (Lipinski definition) is 5. The highest BCUT2D eigenvalue weighted by Gasteiger charge is 2.39. The lowest BCUT2D eigenvalue weighted by Crippen LogP contribution is -2.42. The summed E-state index contributed by atoms with van der Waals surface area (Å²) < 4.78 is 5.28. The molecule has 1 aromatic carbocycles. The second-order valence-corrected chi connectivity index (χ2v) is 7.02. The topological polar surface area (TPSA) is 58.3 Å². The van der Waals surface area contributed by atoms with Crippen LogP contribution in [-0.4, -0.2) is 43.5 Å². The molecule has 3 heterocycles. The molecule has 1 N–H and O–H groups in total. The van der Waals surface area contributed by atoms with E-state index in [0.29, 0.717) is 5.92 Å². The van der Waals surface area contributed by atoms with Crippen molar-refractivity contribution in [3.05, 3.63) is 35.5 Å². The number of aliphatic imine (C=N–C) groups is 3. The maximum Gasteiger partial charge on any atom is 0.151 e. The van der Waals surface area contributed by atoms with Gasteiger partial charge in [0.1, 0.15) is 11.5 Å². The van der Waals surface area contributed by atoms with Crippen LogP contribution in [0.25, 0.3) is 5.57 Å². The zero-order chi connectivity index (χ0) is 17.4. The van der Waals surface area contributed by atoms with Crippen molar-refractivity contribution in [1.29, 1.82) is 0 Å². The Labute approximate surface area is 148 Å². The molecular formula is C20H24N4O. The van der Waals surface area contributed by atoms with Gasteiger partial charge in [0.2, 0.25) is 0 Å². The van der Waals surface area contributed by atoms with Crippen molar-refractivity contribution in [2.75, 3.05) is 20.2 Å². The summed E-state index contributed by atoms with van der Waals surface area (Å²) in [5.74, 6) is 1.32. The summed E-state index contributed by atoms with van der Waals surface area (Å²) in [5, 5.41) is 3.42. The Kier molecular flexibility index (Phi) is 4.04. The summed E-state index contributed by atoms with van der Waals surface area (Å²) >= 11 is 0. The third-order valence-electron chi connectivity index (χ3n) is 5.41.